The van der Waals surface area contributed by atoms with Crippen LogP contribution in [0.15, 0.2) is 11.1 Å². The summed E-state index contributed by atoms with van der Waals surface area (Å²) in [5.41, 5.74) is 0.956. The van der Waals surface area contributed by atoms with E-state index in [9.17, 15) is 9.59 Å². The van der Waals surface area contributed by atoms with Crippen LogP contribution in [-0.2, 0) is 14.3 Å². The maximum atomic E-state index is 10.7. The third-order valence-corrected chi connectivity index (χ3v) is 1.40. The molecule has 0 aromatic carbocycles. The fraction of sp³-hybridized carbons (Fsp3) is 0.429. The number of ether oxygens (including phenoxy) is 1. The standard InChI is InChI=1S/C7H8O3/c1-4-3-10-7(9)6(4)5(2)8/h3H2,1-2H3. The van der Waals surface area contributed by atoms with Gasteiger partial charge in [0.05, 0.1) is 0 Å². The molecule has 0 aliphatic carbocycles. The van der Waals surface area contributed by atoms with Crippen LogP contribution < -0.4 is 0 Å². The molecule has 1 heterocycles. The van der Waals surface area contributed by atoms with Gasteiger partial charge < -0.3 is 4.74 Å². The molecule has 10 heavy (non-hydrogen) atoms. The molecule has 0 N–H and O–H groups in total. The summed E-state index contributed by atoms with van der Waals surface area (Å²) < 4.78 is 4.61. The Hall–Kier alpha value is -1.12. The Morgan fingerprint density at radius 1 is 1.60 bits per heavy atom. The molecule has 0 radical (unpaired) electrons. The van der Waals surface area contributed by atoms with Crippen LogP contribution in [0.5, 0.6) is 0 Å². The number of esters is 1. The van der Waals surface area contributed by atoms with Crippen LogP contribution in [0.2, 0.25) is 0 Å². The van der Waals surface area contributed by atoms with Crippen LogP contribution in [0, 0.1) is 0 Å². The molecule has 0 amide bonds. The highest BCUT2D eigenvalue weighted by Gasteiger charge is 2.24. The van der Waals surface area contributed by atoms with Gasteiger partial charge in [0.1, 0.15) is 12.2 Å². The van der Waals surface area contributed by atoms with Crippen LogP contribution in [-0.4, -0.2) is 18.4 Å². The Morgan fingerprint density at radius 3 is 2.40 bits per heavy atom. The zero-order chi connectivity index (χ0) is 7.72. The van der Waals surface area contributed by atoms with Crippen molar-refractivity contribution in [2.45, 2.75) is 13.8 Å². The average Bonchev–Trinajstić information content (AvgIpc) is 2.11. The topological polar surface area (TPSA) is 43.4 Å². The lowest BCUT2D eigenvalue weighted by molar-refractivity contribution is -0.137. The molecule has 3 heteroatoms. The van der Waals surface area contributed by atoms with Crippen molar-refractivity contribution < 1.29 is 14.3 Å². The van der Waals surface area contributed by atoms with Gasteiger partial charge in [-0.25, -0.2) is 4.79 Å². The van der Waals surface area contributed by atoms with Gasteiger partial charge in [-0.05, 0) is 19.4 Å². The lowest BCUT2D eigenvalue weighted by Gasteiger charge is -1.90. The molecule has 0 unspecified atom stereocenters. The predicted molar refractivity (Wildman–Crippen MR) is 34.3 cm³/mol. The molecule has 0 atom stereocenters. The summed E-state index contributed by atoms with van der Waals surface area (Å²) in [5, 5.41) is 0. The van der Waals surface area contributed by atoms with Gasteiger partial charge in [0.2, 0.25) is 0 Å². The first-order valence-electron chi connectivity index (χ1n) is 3.00. The van der Waals surface area contributed by atoms with Crippen LogP contribution in [0.25, 0.3) is 0 Å². The average molecular weight is 140 g/mol. The van der Waals surface area contributed by atoms with E-state index in [0.29, 0.717) is 0 Å². The fourth-order valence-electron chi connectivity index (χ4n) is 0.937. The minimum atomic E-state index is -0.481. The highest BCUT2D eigenvalue weighted by atomic mass is 16.5. The SMILES string of the molecule is CC(=O)C1=C(C)COC1=O. The van der Waals surface area contributed by atoms with Gasteiger partial charge in [-0.3, -0.25) is 4.79 Å². The molecule has 1 aliphatic rings. The summed E-state index contributed by atoms with van der Waals surface area (Å²) in [4.78, 5) is 21.4. The summed E-state index contributed by atoms with van der Waals surface area (Å²) in [6, 6.07) is 0. The second-order valence-corrected chi connectivity index (χ2v) is 2.29. The van der Waals surface area contributed by atoms with Crippen LogP contribution in [0.3, 0.4) is 0 Å². The van der Waals surface area contributed by atoms with E-state index in [1.165, 1.54) is 6.92 Å². The number of Topliss-reactive ketones (excluding diaryl/α,β-unsaturated/α-hetero) is 1. The number of carbonyl (C=O) groups is 2. The second-order valence-electron chi connectivity index (χ2n) is 2.29. The highest BCUT2D eigenvalue weighted by molar-refractivity contribution is 6.18. The zero-order valence-electron chi connectivity index (χ0n) is 5.93. The van der Waals surface area contributed by atoms with Gasteiger partial charge in [0.25, 0.3) is 0 Å². The summed E-state index contributed by atoms with van der Waals surface area (Å²) >= 11 is 0. The van der Waals surface area contributed by atoms with Gasteiger partial charge in [0, 0.05) is 0 Å². The normalized spacial score (nSPS) is 17.6. The smallest absolute Gasteiger partial charge is 0.342 e. The number of hydrogen-bond acceptors (Lipinski definition) is 3. The quantitative estimate of drug-likeness (QED) is 0.392. The van der Waals surface area contributed by atoms with E-state index >= 15 is 0 Å². The minimum absolute atomic E-state index is 0.208. The maximum Gasteiger partial charge on any atom is 0.342 e. The van der Waals surface area contributed by atoms with Crippen molar-refractivity contribution in [3.8, 4) is 0 Å². The predicted octanol–water partition coefficient (Wildman–Crippen LogP) is 0.449. The van der Waals surface area contributed by atoms with Crippen LogP contribution >= 0.6 is 0 Å². The first-order chi connectivity index (χ1) is 4.63. The van der Waals surface area contributed by atoms with E-state index in [0.717, 1.165) is 5.57 Å². The third kappa shape index (κ3) is 0.943. The first kappa shape index (κ1) is 6.99. The van der Waals surface area contributed by atoms with Gasteiger partial charge in [-0.2, -0.15) is 0 Å². The van der Waals surface area contributed by atoms with E-state index < -0.39 is 5.97 Å². The molecule has 0 aromatic heterocycles. The van der Waals surface area contributed by atoms with Crippen molar-refractivity contribution in [3.05, 3.63) is 11.1 Å². The molecule has 3 nitrogen and oxygen atoms in total. The number of rotatable bonds is 1. The molecular formula is C7H8O3. The molecule has 0 saturated heterocycles. The van der Waals surface area contributed by atoms with Crippen molar-refractivity contribution in [2.75, 3.05) is 6.61 Å². The fourth-order valence-corrected chi connectivity index (χ4v) is 0.937. The highest BCUT2D eigenvalue weighted by Crippen LogP contribution is 2.15. The summed E-state index contributed by atoms with van der Waals surface area (Å²) in [6.45, 7) is 3.36. The summed E-state index contributed by atoms with van der Waals surface area (Å²) in [7, 11) is 0. The van der Waals surface area contributed by atoms with Gasteiger partial charge >= 0.3 is 5.97 Å². The molecule has 0 saturated carbocycles. The number of carbonyl (C=O) groups excluding carboxylic acids is 2. The van der Waals surface area contributed by atoms with Crippen LogP contribution in [0.1, 0.15) is 13.8 Å². The van der Waals surface area contributed by atoms with E-state index in [2.05, 4.69) is 4.74 Å². The molecule has 0 aromatic rings. The maximum absolute atomic E-state index is 10.7. The molecule has 1 aliphatic heterocycles. The van der Waals surface area contributed by atoms with Crippen molar-refractivity contribution in [1.82, 2.24) is 0 Å². The Labute approximate surface area is 58.7 Å². The Kier molecular flexibility index (Phi) is 1.57. The lowest BCUT2D eigenvalue weighted by Crippen LogP contribution is -2.06. The Bertz CT molecular complexity index is 225. The molecular weight excluding hydrogens is 132 g/mol. The number of ketones is 1. The molecule has 54 valence electrons. The molecule has 0 fully saturated rings. The Balaban J connectivity index is 2.99. The number of hydrogen-bond donors (Lipinski definition) is 0. The number of cyclic esters (lactones) is 1. The van der Waals surface area contributed by atoms with Gasteiger partial charge in [-0.1, -0.05) is 0 Å². The minimum Gasteiger partial charge on any atom is -0.457 e. The van der Waals surface area contributed by atoms with Crippen LogP contribution in [0.4, 0.5) is 0 Å². The zero-order valence-corrected chi connectivity index (χ0v) is 5.93. The van der Waals surface area contributed by atoms with Crippen molar-refractivity contribution in [3.63, 3.8) is 0 Å². The summed E-state index contributed by atoms with van der Waals surface area (Å²) in [5.74, 6) is -0.690. The van der Waals surface area contributed by atoms with Crippen molar-refractivity contribution >= 4 is 11.8 Å². The first-order valence-corrected chi connectivity index (χ1v) is 3.00. The molecule has 1 rings (SSSR count). The van der Waals surface area contributed by atoms with Crippen molar-refractivity contribution in [1.29, 1.82) is 0 Å². The van der Waals surface area contributed by atoms with Gasteiger partial charge in [0.15, 0.2) is 5.78 Å². The monoisotopic (exact) mass is 140 g/mol. The summed E-state index contributed by atoms with van der Waals surface area (Å²) in [6.07, 6.45) is 0. The largest absolute Gasteiger partial charge is 0.457 e. The second kappa shape index (κ2) is 2.25. The van der Waals surface area contributed by atoms with E-state index in [-0.39, 0.29) is 18.0 Å². The van der Waals surface area contributed by atoms with Crippen molar-refractivity contribution in [2.24, 2.45) is 0 Å². The van der Waals surface area contributed by atoms with E-state index in [4.69, 9.17) is 0 Å². The van der Waals surface area contributed by atoms with E-state index in [1.807, 2.05) is 0 Å². The molecule has 0 spiro atoms. The van der Waals surface area contributed by atoms with Gasteiger partial charge in [-0.15, -0.1) is 0 Å². The van der Waals surface area contributed by atoms with E-state index in [1.54, 1.807) is 6.92 Å². The third-order valence-electron chi connectivity index (χ3n) is 1.40. The Morgan fingerprint density at radius 2 is 2.20 bits per heavy atom. The molecule has 0 bridgehead atoms. The lowest BCUT2D eigenvalue weighted by atomic mass is 10.1.